The number of aromatic nitrogens is 1. The maximum atomic E-state index is 11.2. The molecule has 1 aromatic heterocycles. The van der Waals surface area contributed by atoms with Crippen molar-refractivity contribution < 1.29 is 9.21 Å². The van der Waals surface area contributed by atoms with Crippen molar-refractivity contribution in [2.75, 3.05) is 5.32 Å². The number of benzene rings is 1. The largest absolute Gasteiger partial charge is 0.441 e. The lowest BCUT2D eigenvalue weighted by atomic mass is 10.3. The molecule has 0 saturated heterocycles. The maximum Gasteiger partial charge on any atom is 0.238 e. The van der Waals surface area contributed by atoms with Gasteiger partial charge in [-0.1, -0.05) is 0 Å². The summed E-state index contributed by atoms with van der Waals surface area (Å²) in [7, 11) is 0. The van der Waals surface area contributed by atoms with Crippen molar-refractivity contribution in [2.24, 2.45) is 0 Å². The minimum atomic E-state index is -0.331. The standard InChI is InChI=1S/C11H9N3O2/c1-7-13-9-6-8(2-3-10(9)16-7)14-11(15)4-5-12/h2-3,6H,4H2,1H3,(H,14,15). The highest BCUT2D eigenvalue weighted by Crippen LogP contribution is 2.19. The van der Waals surface area contributed by atoms with Gasteiger partial charge in [0.2, 0.25) is 5.91 Å². The molecule has 0 fully saturated rings. The molecule has 2 rings (SSSR count). The number of carbonyl (C=O) groups is 1. The van der Waals surface area contributed by atoms with Crippen LogP contribution in [-0.2, 0) is 4.79 Å². The number of carbonyl (C=O) groups excluding carboxylic acids is 1. The van der Waals surface area contributed by atoms with E-state index in [1.807, 2.05) is 0 Å². The first-order valence-corrected chi connectivity index (χ1v) is 4.73. The fourth-order valence-corrected chi connectivity index (χ4v) is 1.40. The average Bonchev–Trinajstić information content (AvgIpc) is 2.57. The minimum absolute atomic E-state index is 0.157. The van der Waals surface area contributed by atoms with Crippen LogP contribution in [0.5, 0.6) is 0 Å². The molecule has 0 bridgehead atoms. The van der Waals surface area contributed by atoms with Gasteiger partial charge in [-0.25, -0.2) is 4.98 Å². The maximum absolute atomic E-state index is 11.2. The molecule has 0 aliphatic carbocycles. The molecule has 2 aromatic rings. The van der Waals surface area contributed by atoms with Gasteiger partial charge < -0.3 is 9.73 Å². The summed E-state index contributed by atoms with van der Waals surface area (Å²) in [6.07, 6.45) is -0.157. The monoisotopic (exact) mass is 215 g/mol. The van der Waals surface area contributed by atoms with Crippen LogP contribution in [0.25, 0.3) is 11.1 Å². The second-order valence-electron chi connectivity index (χ2n) is 3.30. The number of nitriles is 1. The van der Waals surface area contributed by atoms with Crippen LogP contribution >= 0.6 is 0 Å². The van der Waals surface area contributed by atoms with Crippen LogP contribution < -0.4 is 5.32 Å². The number of nitrogens with one attached hydrogen (secondary N) is 1. The first-order chi connectivity index (χ1) is 7.69. The zero-order chi connectivity index (χ0) is 11.5. The summed E-state index contributed by atoms with van der Waals surface area (Å²) >= 11 is 0. The molecule has 16 heavy (non-hydrogen) atoms. The molecule has 0 saturated carbocycles. The van der Waals surface area contributed by atoms with Crippen LogP contribution in [-0.4, -0.2) is 10.9 Å². The van der Waals surface area contributed by atoms with Gasteiger partial charge in [-0.3, -0.25) is 4.79 Å². The molecule has 1 amide bonds. The summed E-state index contributed by atoms with van der Waals surface area (Å²) < 4.78 is 5.30. The summed E-state index contributed by atoms with van der Waals surface area (Å²) in [5, 5.41) is 11.0. The summed E-state index contributed by atoms with van der Waals surface area (Å²) in [5.41, 5.74) is 1.98. The molecule has 0 spiro atoms. The predicted molar refractivity (Wildman–Crippen MR) is 57.6 cm³/mol. The van der Waals surface area contributed by atoms with Gasteiger partial charge in [0, 0.05) is 12.6 Å². The number of fused-ring (bicyclic) bond motifs is 1. The van der Waals surface area contributed by atoms with E-state index in [9.17, 15) is 4.79 Å². The molecule has 0 aliphatic rings. The third kappa shape index (κ3) is 2.01. The van der Waals surface area contributed by atoms with E-state index < -0.39 is 0 Å². The van der Waals surface area contributed by atoms with E-state index in [-0.39, 0.29) is 12.3 Å². The van der Waals surface area contributed by atoms with Crippen LogP contribution in [0.15, 0.2) is 22.6 Å². The highest BCUT2D eigenvalue weighted by Gasteiger charge is 2.05. The topological polar surface area (TPSA) is 78.9 Å². The molecule has 1 aromatic carbocycles. The molecule has 0 radical (unpaired) electrons. The van der Waals surface area contributed by atoms with E-state index in [1.165, 1.54) is 0 Å². The van der Waals surface area contributed by atoms with E-state index in [4.69, 9.17) is 9.68 Å². The molecule has 80 valence electrons. The first-order valence-electron chi connectivity index (χ1n) is 4.73. The van der Waals surface area contributed by atoms with Gasteiger partial charge in [0.15, 0.2) is 11.5 Å². The Balaban J connectivity index is 2.26. The fourth-order valence-electron chi connectivity index (χ4n) is 1.40. The number of amides is 1. The Labute approximate surface area is 91.7 Å². The minimum Gasteiger partial charge on any atom is -0.441 e. The highest BCUT2D eigenvalue weighted by molar-refractivity contribution is 5.93. The van der Waals surface area contributed by atoms with Gasteiger partial charge in [0.05, 0.1) is 6.07 Å². The molecular formula is C11H9N3O2. The van der Waals surface area contributed by atoms with E-state index in [1.54, 1.807) is 31.2 Å². The van der Waals surface area contributed by atoms with Crippen LogP contribution in [0.3, 0.4) is 0 Å². The Bertz CT molecular complexity index is 580. The van der Waals surface area contributed by atoms with Crippen molar-refractivity contribution >= 4 is 22.7 Å². The SMILES string of the molecule is Cc1nc2cc(NC(=O)CC#N)ccc2o1. The van der Waals surface area contributed by atoms with Crippen molar-refractivity contribution in [1.29, 1.82) is 5.26 Å². The molecular weight excluding hydrogens is 206 g/mol. The average molecular weight is 215 g/mol. The van der Waals surface area contributed by atoms with Gasteiger partial charge in [0.25, 0.3) is 0 Å². The van der Waals surface area contributed by atoms with Crippen molar-refractivity contribution in [2.45, 2.75) is 13.3 Å². The smallest absolute Gasteiger partial charge is 0.238 e. The van der Waals surface area contributed by atoms with Crippen LogP contribution in [0, 0.1) is 18.3 Å². The van der Waals surface area contributed by atoms with E-state index in [0.717, 1.165) is 0 Å². The molecule has 5 heteroatoms. The van der Waals surface area contributed by atoms with Crippen LogP contribution in [0.1, 0.15) is 12.3 Å². The predicted octanol–water partition coefficient (Wildman–Crippen LogP) is 1.99. The van der Waals surface area contributed by atoms with Crippen LogP contribution in [0.2, 0.25) is 0 Å². The number of hydrogen-bond acceptors (Lipinski definition) is 4. The summed E-state index contributed by atoms with van der Waals surface area (Å²) in [5.74, 6) is 0.248. The van der Waals surface area contributed by atoms with Crippen molar-refractivity contribution in [1.82, 2.24) is 4.98 Å². The number of hydrogen-bond donors (Lipinski definition) is 1. The molecule has 5 nitrogen and oxygen atoms in total. The zero-order valence-corrected chi connectivity index (χ0v) is 8.65. The second kappa shape index (κ2) is 4.03. The number of aryl methyl sites for hydroxylation is 1. The quantitative estimate of drug-likeness (QED) is 0.830. The summed E-state index contributed by atoms with van der Waals surface area (Å²) in [4.78, 5) is 15.3. The molecule has 1 heterocycles. The van der Waals surface area contributed by atoms with Crippen LogP contribution in [0.4, 0.5) is 5.69 Å². The lowest BCUT2D eigenvalue weighted by Gasteiger charge is -2.00. The molecule has 1 N–H and O–H groups in total. The van der Waals surface area contributed by atoms with Gasteiger partial charge in [-0.05, 0) is 18.2 Å². The zero-order valence-electron chi connectivity index (χ0n) is 8.65. The number of nitrogens with zero attached hydrogens (tertiary/aromatic N) is 2. The number of oxazole rings is 1. The summed E-state index contributed by atoms with van der Waals surface area (Å²) in [6, 6.07) is 6.94. The number of anilines is 1. The van der Waals surface area contributed by atoms with Crippen molar-refractivity contribution in [3.8, 4) is 6.07 Å². The normalized spacial score (nSPS) is 10.0. The Morgan fingerprint density at radius 3 is 3.19 bits per heavy atom. The Kier molecular flexibility index (Phi) is 2.56. The number of rotatable bonds is 2. The lowest BCUT2D eigenvalue weighted by Crippen LogP contribution is -2.09. The first kappa shape index (κ1) is 10.2. The fraction of sp³-hybridized carbons (Fsp3) is 0.182. The second-order valence-corrected chi connectivity index (χ2v) is 3.30. The Hall–Kier alpha value is -2.35. The Morgan fingerprint density at radius 2 is 2.44 bits per heavy atom. The van der Waals surface area contributed by atoms with Gasteiger partial charge >= 0.3 is 0 Å². The Morgan fingerprint density at radius 1 is 1.62 bits per heavy atom. The van der Waals surface area contributed by atoms with Gasteiger partial charge in [-0.2, -0.15) is 5.26 Å². The third-order valence-corrected chi connectivity index (χ3v) is 2.02. The summed E-state index contributed by atoms with van der Waals surface area (Å²) in [6.45, 7) is 1.76. The highest BCUT2D eigenvalue weighted by atomic mass is 16.3. The van der Waals surface area contributed by atoms with E-state index in [0.29, 0.717) is 22.7 Å². The van der Waals surface area contributed by atoms with Gasteiger partial charge in [-0.15, -0.1) is 0 Å². The lowest BCUT2D eigenvalue weighted by molar-refractivity contribution is -0.115. The van der Waals surface area contributed by atoms with Gasteiger partial charge in [0.1, 0.15) is 11.9 Å². The van der Waals surface area contributed by atoms with Crippen molar-refractivity contribution in [3.63, 3.8) is 0 Å². The molecule has 0 unspecified atom stereocenters. The van der Waals surface area contributed by atoms with E-state index >= 15 is 0 Å². The van der Waals surface area contributed by atoms with E-state index in [2.05, 4.69) is 10.3 Å². The van der Waals surface area contributed by atoms with Crippen molar-refractivity contribution in [3.05, 3.63) is 24.1 Å². The molecule has 0 aliphatic heterocycles. The molecule has 0 atom stereocenters. The third-order valence-electron chi connectivity index (χ3n) is 2.02.